The van der Waals surface area contributed by atoms with E-state index in [0.29, 0.717) is 0 Å². The summed E-state index contributed by atoms with van der Waals surface area (Å²) in [5.74, 6) is 0.783. The number of hydrogen-bond acceptors (Lipinski definition) is 2. The standard InChI is InChI=1S/C15H15N4.Ir/c1-3-14-12(2)19(13-8-5-4-6-9-13)15(17-14)18-11-7-10-16-18;/h4-10H,3H2,1-2H3;/q-1;. The Morgan fingerprint density at radius 2 is 1.95 bits per heavy atom. The number of aryl methyl sites for hydroxylation is 1. The van der Waals surface area contributed by atoms with Crippen LogP contribution in [0.5, 0.6) is 0 Å². The van der Waals surface area contributed by atoms with Gasteiger partial charge in [-0.1, -0.05) is 37.5 Å². The molecule has 0 N–H and O–H groups in total. The van der Waals surface area contributed by atoms with Crippen LogP contribution in [-0.2, 0) is 26.5 Å². The van der Waals surface area contributed by atoms with Crippen molar-refractivity contribution in [3.05, 3.63) is 60.2 Å². The van der Waals surface area contributed by atoms with Gasteiger partial charge in [0.05, 0.1) is 0 Å². The van der Waals surface area contributed by atoms with Gasteiger partial charge in [-0.05, 0) is 25.5 Å². The van der Waals surface area contributed by atoms with Crippen LogP contribution < -0.4 is 0 Å². The van der Waals surface area contributed by atoms with Crippen molar-refractivity contribution < 1.29 is 20.1 Å². The van der Waals surface area contributed by atoms with Crippen molar-refractivity contribution in [1.82, 2.24) is 19.3 Å². The number of nitrogens with zero attached hydrogens (tertiary/aromatic N) is 4. The van der Waals surface area contributed by atoms with E-state index in [1.807, 2.05) is 18.2 Å². The first kappa shape index (κ1) is 14.7. The largest absolute Gasteiger partial charge is 0.335 e. The molecule has 2 aromatic heterocycles. The Kier molecular flexibility index (Phi) is 4.53. The number of aromatic nitrogens is 4. The fourth-order valence-electron chi connectivity index (χ4n) is 2.24. The van der Waals surface area contributed by atoms with Crippen LogP contribution in [0.4, 0.5) is 0 Å². The summed E-state index contributed by atoms with van der Waals surface area (Å²) in [6.07, 6.45) is 5.67. The zero-order valence-corrected chi connectivity index (χ0v) is 13.8. The molecule has 1 aromatic carbocycles. The van der Waals surface area contributed by atoms with E-state index in [1.54, 1.807) is 16.9 Å². The van der Waals surface area contributed by atoms with Gasteiger partial charge in [0.1, 0.15) is 5.95 Å². The van der Waals surface area contributed by atoms with Gasteiger partial charge in [0, 0.05) is 37.2 Å². The SMILES string of the molecule is CCc1nc(-n2[c-]ccn2)n(-c2ccccc2)c1C.[Ir]. The van der Waals surface area contributed by atoms with E-state index < -0.39 is 0 Å². The number of imidazole rings is 1. The van der Waals surface area contributed by atoms with Gasteiger partial charge in [0.2, 0.25) is 0 Å². The molecule has 3 aromatic rings. The normalized spacial score (nSPS) is 10.3. The van der Waals surface area contributed by atoms with Crippen molar-refractivity contribution in [1.29, 1.82) is 0 Å². The minimum absolute atomic E-state index is 0. The third kappa shape index (κ3) is 2.47. The molecule has 0 spiro atoms. The Hall–Kier alpha value is -1.71. The van der Waals surface area contributed by atoms with Crippen molar-refractivity contribution in [2.24, 2.45) is 0 Å². The quantitative estimate of drug-likeness (QED) is 0.584. The molecule has 0 saturated carbocycles. The molecule has 2 heterocycles. The van der Waals surface area contributed by atoms with Gasteiger partial charge in [-0.25, -0.2) is 0 Å². The molecule has 5 heteroatoms. The Morgan fingerprint density at radius 1 is 1.20 bits per heavy atom. The predicted octanol–water partition coefficient (Wildman–Crippen LogP) is 2.73. The molecule has 20 heavy (non-hydrogen) atoms. The summed E-state index contributed by atoms with van der Waals surface area (Å²) >= 11 is 0. The van der Waals surface area contributed by atoms with E-state index in [0.717, 1.165) is 29.4 Å². The minimum atomic E-state index is 0. The summed E-state index contributed by atoms with van der Waals surface area (Å²) in [7, 11) is 0. The number of para-hydroxylation sites is 1. The molecule has 0 bridgehead atoms. The van der Waals surface area contributed by atoms with Crippen molar-refractivity contribution >= 4 is 0 Å². The van der Waals surface area contributed by atoms with Gasteiger partial charge in [0.25, 0.3) is 0 Å². The molecule has 1 radical (unpaired) electrons. The third-order valence-electron chi connectivity index (χ3n) is 3.18. The van der Waals surface area contributed by atoms with Crippen LogP contribution in [0.1, 0.15) is 18.3 Å². The van der Waals surface area contributed by atoms with Crippen molar-refractivity contribution in [3.63, 3.8) is 0 Å². The van der Waals surface area contributed by atoms with Gasteiger partial charge in [-0.3, -0.25) is 10.1 Å². The molecular weight excluding hydrogens is 428 g/mol. The second-order valence-electron chi connectivity index (χ2n) is 4.34. The van der Waals surface area contributed by atoms with Crippen molar-refractivity contribution in [2.45, 2.75) is 20.3 Å². The maximum absolute atomic E-state index is 4.68. The maximum Gasteiger partial charge on any atom is 0.132 e. The fraction of sp³-hybridized carbons (Fsp3) is 0.200. The molecule has 105 valence electrons. The average Bonchev–Trinajstić information content (AvgIpc) is 3.07. The predicted molar refractivity (Wildman–Crippen MR) is 73.6 cm³/mol. The van der Waals surface area contributed by atoms with Gasteiger partial charge >= 0.3 is 0 Å². The molecule has 0 aliphatic rings. The van der Waals surface area contributed by atoms with Crippen LogP contribution in [0.25, 0.3) is 11.6 Å². The number of hydrogen-bond donors (Lipinski definition) is 0. The summed E-state index contributed by atoms with van der Waals surface area (Å²) in [4.78, 5) is 4.68. The number of rotatable bonds is 3. The zero-order chi connectivity index (χ0) is 13.2. The molecule has 0 amide bonds. The first-order valence-corrected chi connectivity index (χ1v) is 6.37. The first-order valence-electron chi connectivity index (χ1n) is 6.37. The summed E-state index contributed by atoms with van der Waals surface area (Å²) in [6.45, 7) is 4.20. The van der Waals surface area contributed by atoms with Crippen molar-refractivity contribution in [3.8, 4) is 11.6 Å². The number of benzene rings is 1. The molecule has 0 aliphatic carbocycles. The third-order valence-corrected chi connectivity index (χ3v) is 3.18. The van der Waals surface area contributed by atoms with E-state index in [1.165, 1.54) is 0 Å². The molecule has 0 atom stereocenters. The second kappa shape index (κ2) is 6.16. The Balaban J connectivity index is 0.00000147. The summed E-state index contributed by atoms with van der Waals surface area (Å²) in [5.41, 5.74) is 3.32. The molecular formula is C15H15IrN4-. The fourth-order valence-corrected chi connectivity index (χ4v) is 2.24. The molecule has 0 unspecified atom stereocenters. The Labute approximate surface area is 131 Å². The van der Waals surface area contributed by atoms with Crippen molar-refractivity contribution in [2.75, 3.05) is 0 Å². The van der Waals surface area contributed by atoms with Crippen LogP contribution >= 0.6 is 0 Å². The van der Waals surface area contributed by atoms with Crippen LogP contribution in [0.3, 0.4) is 0 Å². The van der Waals surface area contributed by atoms with Crippen LogP contribution in [0.15, 0.2) is 42.6 Å². The smallest absolute Gasteiger partial charge is 0.132 e. The molecule has 3 rings (SSSR count). The van der Waals surface area contributed by atoms with Gasteiger partial charge in [-0.15, -0.1) is 6.07 Å². The molecule has 0 saturated heterocycles. The summed E-state index contributed by atoms with van der Waals surface area (Å²) < 4.78 is 3.79. The van der Waals surface area contributed by atoms with Crippen LogP contribution in [0, 0.1) is 13.1 Å². The summed E-state index contributed by atoms with van der Waals surface area (Å²) in [6, 6.07) is 12.0. The average molecular weight is 444 g/mol. The van der Waals surface area contributed by atoms with E-state index in [2.05, 4.69) is 46.8 Å². The van der Waals surface area contributed by atoms with Crippen LogP contribution in [-0.4, -0.2) is 19.3 Å². The Morgan fingerprint density at radius 3 is 2.55 bits per heavy atom. The van der Waals surface area contributed by atoms with Gasteiger partial charge in [0.15, 0.2) is 0 Å². The van der Waals surface area contributed by atoms with E-state index in [4.69, 9.17) is 0 Å². The van der Waals surface area contributed by atoms with E-state index >= 15 is 0 Å². The Bertz CT molecular complexity index is 671. The topological polar surface area (TPSA) is 35.6 Å². The van der Waals surface area contributed by atoms with E-state index in [-0.39, 0.29) is 20.1 Å². The second-order valence-corrected chi connectivity index (χ2v) is 4.34. The zero-order valence-electron chi connectivity index (χ0n) is 11.4. The first-order chi connectivity index (χ1) is 9.31. The molecule has 4 nitrogen and oxygen atoms in total. The molecule has 0 aliphatic heterocycles. The maximum atomic E-state index is 4.68. The van der Waals surface area contributed by atoms with Gasteiger partial charge in [-0.2, -0.15) is 0 Å². The van der Waals surface area contributed by atoms with Gasteiger partial charge < -0.3 is 9.25 Å². The summed E-state index contributed by atoms with van der Waals surface area (Å²) in [5, 5.41) is 4.24. The monoisotopic (exact) mass is 444 g/mol. The van der Waals surface area contributed by atoms with E-state index in [9.17, 15) is 0 Å². The molecule has 0 fully saturated rings. The van der Waals surface area contributed by atoms with Crippen LogP contribution in [0.2, 0.25) is 0 Å². The minimum Gasteiger partial charge on any atom is -0.335 e.